The van der Waals surface area contributed by atoms with Crippen LogP contribution in [-0.2, 0) is 4.74 Å². The molecule has 3 rings (SSSR count). The van der Waals surface area contributed by atoms with Gasteiger partial charge in [0.25, 0.3) is 5.91 Å². The lowest BCUT2D eigenvalue weighted by molar-refractivity contribution is 0.0491. The molecule has 6 nitrogen and oxygen atoms in total. The highest BCUT2D eigenvalue weighted by Crippen LogP contribution is 2.38. The van der Waals surface area contributed by atoms with Crippen LogP contribution in [0.4, 0.5) is 4.79 Å². The zero-order valence-corrected chi connectivity index (χ0v) is 13.9. The van der Waals surface area contributed by atoms with Crippen LogP contribution >= 0.6 is 0 Å². The lowest BCUT2D eigenvalue weighted by Gasteiger charge is -2.24. The molecular weight excluding hydrogens is 296 g/mol. The maximum Gasteiger partial charge on any atom is 0.407 e. The van der Waals surface area contributed by atoms with Crippen LogP contribution in [0.25, 0.3) is 0 Å². The van der Waals surface area contributed by atoms with Gasteiger partial charge in [0.1, 0.15) is 11.9 Å². The van der Waals surface area contributed by atoms with Crippen molar-refractivity contribution in [1.82, 2.24) is 10.2 Å². The second-order valence-corrected chi connectivity index (χ2v) is 7.48. The van der Waals surface area contributed by atoms with Gasteiger partial charge in [-0.15, -0.1) is 0 Å². The standard InChI is InChI=1S/C17H24N2O4/c1-17(2,3)23-16(21)18-14-5-4-11-8-19(9-13(11)14)15(20)12-6-7-22-10-12/h6-7,10-11,13-14H,4-5,8-9H2,1-3H3,(H,18,21)/t11-,13-,14+/m0/s1. The van der Waals surface area contributed by atoms with E-state index in [1.54, 1.807) is 6.07 Å². The number of hydrogen-bond donors (Lipinski definition) is 1. The Morgan fingerprint density at radius 2 is 2.09 bits per heavy atom. The molecule has 1 aliphatic heterocycles. The highest BCUT2D eigenvalue weighted by Gasteiger charge is 2.45. The zero-order valence-electron chi connectivity index (χ0n) is 13.9. The van der Waals surface area contributed by atoms with Gasteiger partial charge in [-0.3, -0.25) is 4.79 Å². The van der Waals surface area contributed by atoms with Crippen molar-refractivity contribution in [1.29, 1.82) is 0 Å². The Labute approximate surface area is 136 Å². The number of rotatable bonds is 2. The van der Waals surface area contributed by atoms with Crippen molar-refractivity contribution in [3.63, 3.8) is 0 Å². The van der Waals surface area contributed by atoms with Crippen LogP contribution in [0.15, 0.2) is 23.0 Å². The number of amides is 2. The molecular formula is C17H24N2O4. The van der Waals surface area contributed by atoms with Gasteiger partial charge in [0.15, 0.2) is 0 Å². The quantitative estimate of drug-likeness (QED) is 0.909. The van der Waals surface area contributed by atoms with Crippen LogP contribution in [0.3, 0.4) is 0 Å². The first-order valence-corrected chi connectivity index (χ1v) is 8.14. The molecule has 2 amide bonds. The summed E-state index contributed by atoms with van der Waals surface area (Å²) in [4.78, 5) is 26.3. The summed E-state index contributed by atoms with van der Waals surface area (Å²) in [5.74, 6) is 0.758. The molecule has 1 aliphatic carbocycles. The van der Waals surface area contributed by atoms with Gasteiger partial charge in [-0.2, -0.15) is 0 Å². The fourth-order valence-corrected chi connectivity index (χ4v) is 3.64. The SMILES string of the molecule is CC(C)(C)OC(=O)N[C@@H]1CC[C@H]2CN(C(=O)c3ccoc3)C[C@@H]21. The summed E-state index contributed by atoms with van der Waals surface area (Å²) in [6, 6.07) is 1.77. The summed E-state index contributed by atoms with van der Waals surface area (Å²) in [5.41, 5.74) is 0.0859. The number of carbonyl (C=O) groups is 2. The number of alkyl carbamates (subject to hydrolysis) is 1. The van der Waals surface area contributed by atoms with Crippen LogP contribution in [0.1, 0.15) is 44.0 Å². The molecule has 0 unspecified atom stereocenters. The van der Waals surface area contributed by atoms with E-state index in [0.717, 1.165) is 19.4 Å². The van der Waals surface area contributed by atoms with Crippen molar-refractivity contribution in [2.24, 2.45) is 11.8 Å². The smallest absolute Gasteiger partial charge is 0.407 e. The van der Waals surface area contributed by atoms with E-state index in [1.807, 2.05) is 25.7 Å². The predicted molar refractivity (Wildman–Crippen MR) is 84.0 cm³/mol. The Balaban J connectivity index is 1.59. The maximum absolute atomic E-state index is 12.4. The molecule has 3 atom stereocenters. The van der Waals surface area contributed by atoms with E-state index in [9.17, 15) is 9.59 Å². The number of nitrogens with one attached hydrogen (secondary N) is 1. The monoisotopic (exact) mass is 320 g/mol. The second kappa shape index (κ2) is 5.91. The number of nitrogens with zero attached hydrogens (tertiary/aromatic N) is 1. The van der Waals surface area contributed by atoms with Crippen molar-refractivity contribution in [2.75, 3.05) is 13.1 Å². The summed E-state index contributed by atoms with van der Waals surface area (Å²) in [6.07, 6.45) is 4.59. The number of furan rings is 1. The molecule has 23 heavy (non-hydrogen) atoms. The number of hydrogen-bond acceptors (Lipinski definition) is 4. The fourth-order valence-electron chi connectivity index (χ4n) is 3.64. The highest BCUT2D eigenvalue weighted by molar-refractivity contribution is 5.94. The summed E-state index contributed by atoms with van der Waals surface area (Å²) in [6.45, 7) is 6.98. The molecule has 0 bridgehead atoms. The molecule has 0 radical (unpaired) electrons. The van der Waals surface area contributed by atoms with Gasteiger partial charge in [0.05, 0.1) is 11.8 Å². The van der Waals surface area contributed by atoms with Crippen molar-refractivity contribution < 1.29 is 18.7 Å². The molecule has 126 valence electrons. The average molecular weight is 320 g/mol. The third-order valence-corrected chi connectivity index (χ3v) is 4.61. The fraction of sp³-hybridized carbons (Fsp3) is 0.647. The normalized spacial score (nSPS) is 26.9. The van der Waals surface area contributed by atoms with Crippen LogP contribution in [0.5, 0.6) is 0 Å². The number of ether oxygens (including phenoxy) is 1. The molecule has 1 saturated heterocycles. The number of likely N-dealkylation sites (tertiary alicyclic amines) is 1. The van der Waals surface area contributed by atoms with Crippen LogP contribution in [0, 0.1) is 11.8 Å². The Bertz CT molecular complexity index is 576. The average Bonchev–Trinajstić information content (AvgIpc) is 3.13. The van der Waals surface area contributed by atoms with Gasteiger partial charge >= 0.3 is 6.09 Å². The molecule has 1 saturated carbocycles. The summed E-state index contributed by atoms with van der Waals surface area (Å²) >= 11 is 0. The first kappa shape index (κ1) is 15.9. The van der Waals surface area contributed by atoms with E-state index in [2.05, 4.69) is 5.32 Å². The van der Waals surface area contributed by atoms with Crippen LogP contribution in [-0.4, -0.2) is 41.6 Å². The molecule has 1 N–H and O–H groups in total. The highest BCUT2D eigenvalue weighted by atomic mass is 16.6. The van der Waals surface area contributed by atoms with Crippen LogP contribution < -0.4 is 5.32 Å². The predicted octanol–water partition coefficient (Wildman–Crippen LogP) is 2.65. The molecule has 1 aromatic rings. The Hall–Kier alpha value is -1.98. The lowest BCUT2D eigenvalue weighted by atomic mass is 9.98. The van der Waals surface area contributed by atoms with E-state index in [4.69, 9.17) is 9.15 Å². The first-order valence-electron chi connectivity index (χ1n) is 8.14. The Morgan fingerprint density at radius 1 is 1.30 bits per heavy atom. The first-order chi connectivity index (χ1) is 10.8. The van der Waals surface area contributed by atoms with Crippen molar-refractivity contribution >= 4 is 12.0 Å². The molecule has 2 fully saturated rings. The summed E-state index contributed by atoms with van der Waals surface area (Å²) < 4.78 is 10.3. The minimum Gasteiger partial charge on any atom is -0.472 e. The second-order valence-electron chi connectivity index (χ2n) is 7.48. The Morgan fingerprint density at radius 3 is 2.74 bits per heavy atom. The zero-order chi connectivity index (χ0) is 16.6. The van der Waals surface area contributed by atoms with Gasteiger partial charge in [0.2, 0.25) is 0 Å². The van der Waals surface area contributed by atoms with Gasteiger partial charge < -0.3 is 19.4 Å². The van der Waals surface area contributed by atoms with Crippen LogP contribution in [0.2, 0.25) is 0 Å². The molecule has 1 aromatic heterocycles. The number of fused-ring (bicyclic) bond motifs is 1. The topological polar surface area (TPSA) is 71.8 Å². The molecule has 2 heterocycles. The van der Waals surface area contributed by atoms with Crippen molar-refractivity contribution in [3.05, 3.63) is 24.2 Å². The lowest BCUT2D eigenvalue weighted by Crippen LogP contribution is -2.42. The number of carbonyl (C=O) groups excluding carboxylic acids is 2. The summed E-state index contributed by atoms with van der Waals surface area (Å²) in [7, 11) is 0. The van der Waals surface area contributed by atoms with E-state index in [-0.39, 0.29) is 18.0 Å². The van der Waals surface area contributed by atoms with Gasteiger partial charge in [-0.05, 0) is 45.6 Å². The molecule has 6 heteroatoms. The minimum absolute atomic E-state index is 0.00386. The van der Waals surface area contributed by atoms with Crippen molar-refractivity contribution in [3.8, 4) is 0 Å². The molecule has 0 aromatic carbocycles. The van der Waals surface area contributed by atoms with E-state index < -0.39 is 5.60 Å². The van der Waals surface area contributed by atoms with E-state index in [1.165, 1.54) is 12.5 Å². The molecule has 2 aliphatic rings. The Kier molecular flexibility index (Phi) is 4.08. The third kappa shape index (κ3) is 3.51. The maximum atomic E-state index is 12.4. The van der Waals surface area contributed by atoms with Gasteiger partial charge in [0, 0.05) is 25.0 Å². The van der Waals surface area contributed by atoms with Gasteiger partial charge in [-0.25, -0.2) is 4.79 Å². The van der Waals surface area contributed by atoms with E-state index >= 15 is 0 Å². The third-order valence-electron chi connectivity index (χ3n) is 4.61. The largest absolute Gasteiger partial charge is 0.472 e. The van der Waals surface area contributed by atoms with Gasteiger partial charge in [-0.1, -0.05) is 0 Å². The minimum atomic E-state index is -0.499. The van der Waals surface area contributed by atoms with E-state index in [0.29, 0.717) is 23.9 Å². The molecule has 0 spiro atoms. The summed E-state index contributed by atoms with van der Waals surface area (Å²) in [5, 5.41) is 2.98. The van der Waals surface area contributed by atoms with Crippen molar-refractivity contribution in [2.45, 2.75) is 45.3 Å².